The van der Waals surface area contributed by atoms with Crippen LogP contribution in [0.5, 0.6) is 0 Å². The van der Waals surface area contributed by atoms with Crippen molar-refractivity contribution in [3.63, 3.8) is 0 Å². The van der Waals surface area contributed by atoms with Crippen molar-refractivity contribution in [3.8, 4) is 0 Å². The zero-order valence-electron chi connectivity index (χ0n) is 12.6. The summed E-state index contributed by atoms with van der Waals surface area (Å²) in [7, 11) is -3.98. The van der Waals surface area contributed by atoms with Crippen molar-refractivity contribution < 1.29 is 17.2 Å². The van der Waals surface area contributed by atoms with Crippen molar-refractivity contribution in [3.05, 3.63) is 65.2 Å². The molecule has 1 heterocycles. The van der Waals surface area contributed by atoms with E-state index in [-0.39, 0.29) is 25.0 Å². The van der Waals surface area contributed by atoms with Crippen molar-refractivity contribution in [2.24, 2.45) is 0 Å². The van der Waals surface area contributed by atoms with Gasteiger partial charge in [-0.25, -0.2) is 21.9 Å². The first-order chi connectivity index (χ1) is 11.0. The highest BCUT2D eigenvalue weighted by atomic mass is 35.5. The summed E-state index contributed by atoms with van der Waals surface area (Å²) in [5.74, 6) is -1.85. The lowest BCUT2D eigenvalue weighted by Gasteiger charge is -2.27. The molecule has 3 rings (SSSR count). The largest absolute Gasteiger partial charge is 0.308 e. The van der Waals surface area contributed by atoms with E-state index in [1.165, 1.54) is 5.56 Å². The van der Waals surface area contributed by atoms with Gasteiger partial charge >= 0.3 is 0 Å². The quantitative estimate of drug-likeness (QED) is 0.864. The molecule has 1 aliphatic heterocycles. The predicted octanol–water partition coefficient (Wildman–Crippen LogP) is 2.55. The molecule has 0 radical (unpaired) electrons. The van der Waals surface area contributed by atoms with Gasteiger partial charge in [-0.2, -0.15) is 0 Å². The van der Waals surface area contributed by atoms with Crippen molar-refractivity contribution in [1.29, 1.82) is 0 Å². The number of benzene rings is 2. The van der Waals surface area contributed by atoms with Gasteiger partial charge in [-0.1, -0.05) is 24.3 Å². The Morgan fingerprint density at radius 1 is 1.12 bits per heavy atom. The van der Waals surface area contributed by atoms with E-state index in [0.29, 0.717) is 6.07 Å². The molecule has 0 aliphatic carbocycles. The molecule has 0 amide bonds. The normalized spacial score (nSPS) is 17.0. The first-order valence-corrected chi connectivity index (χ1v) is 8.71. The Labute approximate surface area is 145 Å². The molecule has 1 aliphatic rings. The van der Waals surface area contributed by atoms with Gasteiger partial charge in [0.2, 0.25) is 10.0 Å². The standard InChI is InChI=1S/C16H16F2N2O2S.ClH/c17-12-7-13(18)9-14(8-12)23(21,22)20-10-16-15-4-2-1-3-11(15)5-6-19-16;/h1-4,7-9,16,19-20H,5-6,10H2;1H. The van der Waals surface area contributed by atoms with Gasteiger partial charge in [0.05, 0.1) is 4.90 Å². The molecule has 4 nitrogen and oxygen atoms in total. The lowest BCUT2D eigenvalue weighted by molar-refractivity contribution is 0.491. The maximum Gasteiger partial charge on any atom is 0.240 e. The molecular formula is C16H17ClF2N2O2S. The minimum absolute atomic E-state index is 0. The van der Waals surface area contributed by atoms with E-state index in [1.54, 1.807) is 0 Å². The minimum atomic E-state index is -3.98. The Kier molecular flexibility index (Phi) is 5.92. The summed E-state index contributed by atoms with van der Waals surface area (Å²) in [6.07, 6.45) is 0.883. The lowest BCUT2D eigenvalue weighted by atomic mass is 9.95. The number of sulfonamides is 1. The first kappa shape index (κ1) is 18.8. The van der Waals surface area contributed by atoms with Gasteiger partial charge in [-0.05, 0) is 36.2 Å². The molecule has 0 aromatic heterocycles. The molecule has 1 unspecified atom stereocenters. The molecule has 0 fully saturated rings. The van der Waals surface area contributed by atoms with Gasteiger partial charge in [-0.3, -0.25) is 0 Å². The third-order valence-corrected chi connectivity index (χ3v) is 5.24. The average molecular weight is 375 g/mol. The fourth-order valence-corrected chi connectivity index (χ4v) is 3.82. The van der Waals surface area contributed by atoms with Gasteiger partial charge in [0.15, 0.2) is 0 Å². The van der Waals surface area contributed by atoms with Crippen LogP contribution in [0.3, 0.4) is 0 Å². The number of fused-ring (bicyclic) bond motifs is 1. The smallest absolute Gasteiger partial charge is 0.240 e. The molecule has 8 heteroatoms. The van der Waals surface area contributed by atoms with Crippen molar-refractivity contribution in [1.82, 2.24) is 10.0 Å². The van der Waals surface area contributed by atoms with Crippen LogP contribution in [0, 0.1) is 11.6 Å². The monoisotopic (exact) mass is 374 g/mol. The van der Waals surface area contributed by atoms with E-state index in [4.69, 9.17) is 0 Å². The molecule has 2 N–H and O–H groups in total. The highest BCUT2D eigenvalue weighted by molar-refractivity contribution is 7.89. The number of nitrogens with one attached hydrogen (secondary N) is 2. The Morgan fingerprint density at radius 2 is 1.79 bits per heavy atom. The maximum absolute atomic E-state index is 13.2. The summed E-state index contributed by atoms with van der Waals surface area (Å²) < 4.78 is 53.3. The van der Waals surface area contributed by atoms with E-state index in [2.05, 4.69) is 10.0 Å². The van der Waals surface area contributed by atoms with E-state index < -0.39 is 26.6 Å². The van der Waals surface area contributed by atoms with Gasteiger partial charge in [-0.15, -0.1) is 12.4 Å². The van der Waals surface area contributed by atoms with Gasteiger partial charge < -0.3 is 5.32 Å². The van der Waals surface area contributed by atoms with Crippen LogP contribution >= 0.6 is 12.4 Å². The molecule has 0 spiro atoms. The highest BCUT2D eigenvalue weighted by Crippen LogP contribution is 2.22. The number of halogens is 3. The second-order valence-corrected chi connectivity index (χ2v) is 7.18. The van der Waals surface area contributed by atoms with Gasteiger partial charge in [0.25, 0.3) is 0 Å². The van der Waals surface area contributed by atoms with Crippen LogP contribution in [0.1, 0.15) is 17.2 Å². The van der Waals surface area contributed by atoms with Crippen molar-refractivity contribution in [2.75, 3.05) is 13.1 Å². The van der Waals surface area contributed by atoms with Gasteiger partial charge in [0.1, 0.15) is 11.6 Å². The molecule has 24 heavy (non-hydrogen) atoms. The van der Waals surface area contributed by atoms with Gasteiger partial charge in [0, 0.05) is 18.7 Å². The molecule has 0 saturated carbocycles. The summed E-state index contributed by atoms with van der Waals surface area (Å²) in [4.78, 5) is -0.418. The fraction of sp³-hybridized carbons (Fsp3) is 0.250. The van der Waals surface area contributed by atoms with Crippen LogP contribution in [-0.2, 0) is 16.4 Å². The summed E-state index contributed by atoms with van der Waals surface area (Å²) in [5, 5.41) is 3.25. The second kappa shape index (κ2) is 7.57. The summed E-state index contributed by atoms with van der Waals surface area (Å²) >= 11 is 0. The number of rotatable bonds is 4. The summed E-state index contributed by atoms with van der Waals surface area (Å²) in [6, 6.07) is 9.87. The molecule has 2 aromatic rings. The zero-order chi connectivity index (χ0) is 16.4. The van der Waals surface area contributed by atoms with E-state index in [0.717, 1.165) is 30.7 Å². The van der Waals surface area contributed by atoms with Crippen LogP contribution in [0.15, 0.2) is 47.4 Å². The van der Waals surface area contributed by atoms with Crippen LogP contribution in [-0.4, -0.2) is 21.5 Å². The average Bonchev–Trinajstić information content (AvgIpc) is 2.52. The lowest BCUT2D eigenvalue weighted by Crippen LogP contribution is -2.38. The number of hydrogen-bond donors (Lipinski definition) is 2. The Balaban J connectivity index is 0.00000208. The SMILES string of the molecule is Cl.O=S(=O)(NCC1NCCc2ccccc21)c1cc(F)cc(F)c1. The number of hydrogen-bond acceptors (Lipinski definition) is 3. The molecule has 130 valence electrons. The summed E-state index contributed by atoms with van der Waals surface area (Å²) in [6.45, 7) is 0.857. The first-order valence-electron chi connectivity index (χ1n) is 7.23. The van der Waals surface area contributed by atoms with E-state index in [9.17, 15) is 17.2 Å². The topological polar surface area (TPSA) is 58.2 Å². The van der Waals surface area contributed by atoms with Crippen LogP contribution < -0.4 is 10.0 Å². The second-order valence-electron chi connectivity index (χ2n) is 5.41. The van der Waals surface area contributed by atoms with Crippen LogP contribution in [0.4, 0.5) is 8.78 Å². The van der Waals surface area contributed by atoms with Crippen molar-refractivity contribution >= 4 is 22.4 Å². The van der Waals surface area contributed by atoms with Crippen molar-refractivity contribution in [2.45, 2.75) is 17.4 Å². The minimum Gasteiger partial charge on any atom is -0.308 e. The molecule has 0 saturated heterocycles. The third-order valence-electron chi connectivity index (χ3n) is 3.84. The Morgan fingerprint density at radius 3 is 2.50 bits per heavy atom. The molecule has 1 atom stereocenters. The molecule has 2 aromatic carbocycles. The third kappa shape index (κ3) is 4.10. The fourth-order valence-electron chi connectivity index (χ4n) is 2.74. The highest BCUT2D eigenvalue weighted by Gasteiger charge is 2.22. The zero-order valence-corrected chi connectivity index (χ0v) is 14.3. The Bertz CT molecular complexity index is 810. The maximum atomic E-state index is 13.2. The van der Waals surface area contributed by atoms with E-state index >= 15 is 0 Å². The summed E-state index contributed by atoms with van der Waals surface area (Å²) in [5.41, 5.74) is 2.21. The molecule has 0 bridgehead atoms. The molecular weight excluding hydrogens is 358 g/mol. The van der Waals surface area contributed by atoms with Crippen LogP contribution in [0.2, 0.25) is 0 Å². The van der Waals surface area contributed by atoms with Crippen LogP contribution in [0.25, 0.3) is 0 Å². The Hall–Kier alpha value is -1.54. The predicted molar refractivity (Wildman–Crippen MR) is 89.7 cm³/mol. The van der Waals surface area contributed by atoms with E-state index in [1.807, 2.05) is 24.3 Å².